The van der Waals surface area contributed by atoms with Gasteiger partial charge in [-0.1, -0.05) is 24.3 Å². The number of ether oxygens (including phenoxy) is 2. The zero-order chi connectivity index (χ0) is 36.7. The Morgan fingerprint density at radius 1 is 1.16 bits per heavy atom. The van der Waals surface area contributed by atoms with Gasteiger partial charge in [-0.05, 0) is 49.3 Å². The van der Waals surface area contributed by atoms with Crippen molar-refractivity contribution in [2.75, 3.05) is 13.2 Å². The molecule has 3 aliphatic heterocycles. The van der Waals surface area contributed by atoms with E-state index in [1.807, 2.05) is 4.72 Å². The number of fused-ring (bicyclic) bond motifs is 3. The molecule has 0 unspecified atom stereocenters. The zero-order valence-electron chi connectivity index (χ0n) is 27.4. The van der Waals surface area contributed by atoms with Crippen molar-refractivity contribution in [2.24, 2.45) is 5.92 Å². The van der Waals surface area contributed by atoms with Gasteiger partial charge in [-0.25, -0.2) is 31.2 Å². The second-order valence-corrected chi connectivity index (χ2v) is 15.3. The minimum absolute atomic E-state index is 0.00198. The largest absolute Gasteiger partial charge is 0.450 e. The summed E-state index contributed by atoms with van der Waals surface area (Å²) >= 11 is 0. The van der Waals surface area contributed by atoms with Crippen LogP contribution in [-0.4, -0.2) is 96.7 Å². The van der Waals surface area contributed by atoms with Crippen molar-refractivity contribution in [3.8, 4) is 0 Å². The van der Waals surface area contributed by atoms with Gasteiger partial charge in [-0.3, -0.25) is 24.0 Å². The summed E-state index contributed by atoms with van der Waals surface area (Å²) in [5.41, 5.74) is -0.187. The van der Waals surface area contributed by atoms with E-state index in [-0.39, 0.29) is 32.5 Å². The lowest BCUT2D eigenvalue weighted by Crippen LogP contribution is -2.58. The van der Waals surface area contributed by atoms with Gasteiger partial charge in [0.2, 0.25) is 28.3 Å². The van der Waals surface area contributed by atoms with Gasteiger partial charge >= 0.3 is 12.2 Å². The van der Waals surface area contributed by atoms with E-state index in [1.54, 1.807) is 18.2 Å². The Hall–Kier alpha value is -4.61. The molecule has 51 heavy (non-hydrogen) atoms. The monoisotopic (exact) mass is 737 g/mol. The third kappa shape index (κ3) is 7.69. The standard InChI is InChI=1S/C33H38F3N5O9S/c1-2-19-14-33(19,30(44)39-51(47,48)21-8-9-21)38-28(42)26-12-20-15-41(26)29(43)25(13-27(35)36)37-31(45)49-11-5-3-4-6-18-7-10-24(34)23-17-40(16-22(18)23)32(46)50-20/h2,4,6-7,10,19-21,25-27H,1,3,5,8-9,11-17H2,(H,37,45)(H,38,42)(H,39,44)/t19-,20-,25+,26+,33-/m1/s1. The summed E-state index contributed by atoms with van der Waals surface area (Å²) in [5, 5.41) is 3.98. The highest BCUT2D eigenvalue weighted by molar-refractivity contribution is 7.91. The van der Waals surface area contributed by atoms with Crippen LogP contribution in [0.1, 0.15) is 61.6 Å². The van der Waals surface area contributed by atoms with Crippen LogP contribution in [0.15, 0.2) is 30.9 Å². The lowest BCUT2D eigenvalue weighted by atomic mass is 10.0. The molecule has 5 amide bonds. The normalized spacial score (nSPS) is 28.2. The maximum absolute atomic E-state index is 14.8. The Labute approximate surface area is 291 Å². The van der Waals surface area contributed by atoms with Crippen molar-refractivity contribution in [3.63, 3.8) is 0 Å². The van der Waals surface area contributed by atoms with Crippen molar-refractivity contribution in [3.05, 3.63) is 53.4 Å². The summed E-state index contributed by atoms with van der Waals surface area (Å²) in [6, 6.07) is -0.485. The van der Waals surface area contributed by atoms with Gasteiger partial charge in [-0.2, -0.15) is 0 Å². The molecule has 3 heterocycles. The van der Waals surface area contributed by atoms with Crippen molar-refractivity contribution >= 4 is 46.0 Å². The fourth-order valence-electron chi connectivity index (χ4n) is 6.73. The van der Waals surface area contributed by atoms with Gasteiger partial charge in [0.25, 0.3) is 5.91 Å². The maximum atomic E-state index is 14.8. The molecule has 1 aromatic carbocycles. The molecule has 1 saturated heterocycles. The topological polar surface area (TPSA) is 181 Å². The first-order valence-corrected chi connectivity index (χ1v) is 18.2. The van der Waals surface area contributed by atoms with Crippen LogP contribution in [0.5, 0.6) is 0 Å². The average Bonchev–Trinajstić information content (AvgIpc) is 3.96. The van der Waals surface area contributed by atoms with Gasteiger partial charge in [0.05, 0.1) is 31.5 Å². The number of amides is 5. The Balaban J connectivity index is 1.27. The average molecular weight is 738 g/mol. The van der Waals surface area contributed by atoms with E-state index < -0.39 is 100 Å². The predicted octanol–water partition coefficient (Wildman–Crippen LogP) is 2.47. The molecule has 2 aliphatic carbocycles. The number of nitrogens with one attached hydrogen (secondary N) is 3. The predicted molar refractivity (Wildman–Crippen MR) is 172 cm³/mol. The summed E-state index contributed by atoms with van der Waals surface area (Å²) in [6.07, 6.45) is -1.30. The second kappa shape index (κ2) is 14.2. The molecule has 14 nitrogen and oxygen atoms in total. The molecule has 3 fully saturated rings. The number of allylic oxidation sites excluding steroid dienone is 1. The van der Waals surface area contributed by atoms with Gasteiger partial charge in [0.15, 0.2) is 0 Å². The van der Waals surface area contributed by atoms with E-state index in [1.165, 1.54) is 17.0 Å². The molecule has 0 aromatic heterocycles. The summed E-state index contributed by atoms with van der Waals surface area (Å²) in [6.45, 7) is 2.97. The number of benzene rings is 1. The lowest BCUT2D eigenvalue weighted by Gasteiger charge is -2.29. The van der Waals surface area contributed by atoms with Crippen LogP contribution in [-0.2, 0) is 47.0 Å². The van der Waals surface area contributed by atoms with E-state index in [2.05, 4.69) is 17.2 Å². The number of sulfonamides is 1. The van der Waals surface area contributed by atoms with E-state index in [4.69, 9.17) is 9.47 Å². The van der Waals surface area contributed by atoms with Crippen LogP contribution in [0.4, 0.5) is 22.8 Å². The Bertz CT molecular complexity index is 1770. The van der Waals surface area contributed by atoms with Gasteiger partial charge < -0.3 is 25.0 Å². The molecule has 6 rings (SSSR count). The van der Waals surface area contributed by atoms with Crippen molar-refractivity contribution in [1.29, 1.82) is 0 Å². The summed E-state index contributed by atoms with van der Waals surface area (Å²) < 4.78 is 80.2. The van der Waals surface area contributed by atoms with Crippen LogP contribution in [0, 0.1) is 11.7 Å². The fraction of sp³-hybridized carbons (Fsp3) is 0.545. The zero-order valence-corrected chi connectivity index (χ0v) is 28.3. The van der Waals surface area contributed by atoms with Gasteiger partial charge in [-0.15, -0.1) is 6.58 Å². The fourth-order valence-corrected chi connectivity index (χ4v) is 8.10. The molecule has 5 atom stereocenters. The minimum atomic E-state index is -4.00. The summed E-state index contributed by atoms with van der Waals surface area (Å²) in [5.74, 6) is -4.22. The molecular formula is C33H38F3N5O9S. The second-order valence-electron chi connectivity index (χ2n) is 13.4. The van der Waals surface area contributed by atoms with Crippen LogP contribution < -0.4 is 15.4 Å². The van der Waals surface area contributed by atoms with Crippen molar-refractivity contribution < 1.29 is 55.0 Å². The third-order valence-electron chi connectivity index (χ3n) is 9.78. The first kappa shape index (κ1) is 36.2. The number of rotatable bonds is 8. The highest BCUT2D eigenvalue weighted by Gasteiger charge is 2.62. The quantitative estimate of drug-likeness (QED) is 0.338. The van der Waals surface area contributed by atoms with Crippen molar-refractivity contribution in [2.45, 2.75) is 93.4 Å². The Morgan fingerprint density at radius 2 is 1.90 bits per heavy atom. The van der Waals surface area contributed by atoms with Crippen molar-refractivity contribution in [1.82, 2.24) is 25.2 Å². The maximum Gasteiger partial charge on any atom is 0.410 e. The molecule has 4 bridgehead atoms. The first-order valence-electron chi connectivity index (χ1n) is 16.7. The number of alkyl carbamates (subject to hydrolysis) is 1. The minimum Gasteiger partial charge on any atom is -0.450 e. The molecule has 1 aromatic rings. The third-order valence-corrected chi connectivity index (χ3v) is 11.6. The van der Waals surface area contributed by atoms with Gasteiger partial charge in [0, 0.05) is 24.3 Å². The summed E-state index contributed by atoms with van der Waals surface area (Å²) in [7, 11) is -4.00. The van der Waals surface area contributed by atoms with E-state index >= 15 is 0 Å². The molecule has 0 radical (unpaired) electrons. The number of hydrogen-bond acceptors (Lipinski definition) is 9. The number of nitrogens with zero attached hydrogens (tertiary/aromatic N) is 2. The highest BCUT2D eigenvalue weighted by Crippen LogP contribution is 2.45. The number of carbonyl (C=O) groups is 5. The lowest BCUT2D eigenvalue weighted by molar-refractivity contribution is -0.141. The Kier molecular flexibility index (Phi) is 10.1. The molecule has 18 heteroatoms. The molecule has 2 saturated carbocycles. The molecule has 5 aliphatic rings. The summed E-state index contributed by atoms with van der Waals surface area (Å²) in [4.78, 5) is 69.2. The SMILES string of the molecule is C=C[C@@H]1C[C@]1(NC(=O)[C@@H]1C[C@@H]2CN1C(=O)[C@H](CC(F)F)NC(=O)OCCCC=Cc1ccc(F)c3c1CN(C3)C(=O)O2)C(=O)NS(=O)(=O)C1CC1. The number of halogens is 3. The number of carbonyl (C=O) groups excluding carboxylic acids is 5. The first-order chi connectivity index (χ1) is 24.2. The number of cyclic esters (lactones) is 1. The van der Waals surface area contributed by atoms with Crippen LogP contribution >= 0.6 is 0 Å². The smallest absolute Gasteiger partial charge is 0.410 e. The number of hydrogen-bond donors (Lipinski definition) is 3. The Morgan fingerprint density at radius 3 is 2.59 bits per heavy atom. The van der Waals surface area contributed by atoms with E-state index in [9.17, 15) is 45.6 Å². The van der Waals surface area contributed by atoms with Crippen LogP contribution in [0.25, 0.3) is 6.08 Å². The molecule has 3 N–H and O–H groups in total. The van der Waals surface area contributed by atoms with Crippen LogP contribution in [0.3, 0.4) is 0 Å². The van der Waals surface area contributed by atoms with Crippen LogP contribution in [0.2, 0.25) is 0 Å². The molecule has 0 spiro atoms. The van der Waals surface area contributed by atoms with E-state index in [0.29, 0.717) is 42.4 Å². The van der Waals surface area contributed by atoms with Gasteiger partial charge in [0.1, 0.15) is 29.5 Å². The molecular weight excluding hydrogens is 699 g/mol. The highest BCUT2D eigenvalue weighted by atomic mass is 32.2. The van der Waals surface area contributed by atoms with E-state index in [0.717, 1.165) is 4.90 Å². The molecule has 276 valence electrons. The number of alkyl halides is 2.